The zero-order valence-corrected chi connectivity index (χ0v) is 19.4. The Morgan fingerprint density at radius 3 is 1.94 bits per heavy atom. The Balaban J connectivity index is 1.50. The summed E-state index contributed by atoms with van der Waals surface area (Å²) in [5.41, 5.74) is 5.32. The molecule has 0 aromatic heterocycles. The van der Waals surface area contributed by atoms with Gasteiger partial charge in [-0.1, -0.05) is 54.6 Å². The van der Waals surface area contributed by atoms with Gasteiger partial charge in [0, 0.05) is 0 Å². The van der Waals surface area contributed by atoms with E-state index in [4.69, 9.17) is 9.57 Å². The zero-order chi connectivity index (χ0) is 23.7. The van der Waals surface area contributed by atoms with Gasteiger partial charge in [-0.25, -0.2) is 10.3 Å². The van der Waals surface area contributed by atoms with Crippen molar-refractivity contribution in [1.29, 1.82) is 0 Å². The SMILES string of the molecule is CC(C)(C)ONC(=O)NC(CO)Cc1ccc(Oc2ccc(Cc3ccccc3)cc2)cc1. The van der Waals surface area contributed by atoms with Crippen molar-refractivity contribution in [3.05, 3.63) is 95.6 Å². The highest BCUT2D eigenvalue weighted by Crippen LogP contribution is 2.23. The van der Waals surface area contributed by atoms with Gasteiger partial charge in [-0.15, -0.1) is 0 Å². The molecule has 3 N–H and O–H groups in total. The minimum atomic E-state index is -0.496. The molecule has 0 fully saturated rings. The number of nitrogens with one attached hydrogen (secondary N) is 2. The van der Waals surface area contributed by atoms with Crippen LogP contribution in [0.4, 0.5) is 4.79 Å². The summed E-state index contributed by atoms with van der Waals surface area (Å²) in [6, 6.07) is 25.1. The molecule has 0 aliphatic carbocycles. The van der Waals surface area contributed by atoms with Crippen molar-refractivity contribution in [3.8, 4) is 11.5 Å². The second-order valence-corrected chi connectivity index (χ2v) is 8.93. The highest BCUT2D eigenvalue weighted by Gasteiger charge is 2.16. The molecule has 0 bridgehead atoms. The molecule has 174 valence electrons. The van der Waals surface area contributed by atoms with E-state index in [0.717, 1.165) is 23.5 Å². The standard InChI is InChI=1S/C27H32N2O4/c1-27(2,3)33-29-26(31)28-23(19-30)18-22-11-15-25(16-12-22)32-24-13-9-21(10-14-24)17-20-7-5-4-6-8-20/h4-16,23,30H,17-19H2,1-3H3,(H2,28,29,31). The molecular formula is C27H32N2O4. The number of carbonyl (C=O) groups excluding carboxylic acids is 1. The number of urea groups is 1. The summed E-state index contributed by atoms with van der Waals surface area (Å²) in [5.74, 6) is 1.49. The summed E-state index contributed by atoms with van der Waals surface area (Å²) in [7, 11) is 0. The van der Waals surface area contributed by atoms with Crippen molar-refractivity contribution < 1.29 is 19.5 Å². The Bertz CT molecular complexity index is 997. The van der Waals surface area contributed by atoms with E-state index >= 15 is 0 Å². The topological polar surface area (TPSA) is 79.8 Å². The molecule has 0 aliphatic rings. The summed E-state index contributed by atoms with van der Waals surface area (Å²) >= 11 is 0. The summed E-state index contributed by atoms with van der Waals surface area (Å²) in [5, 5.41) is 12.3. The van der Waals surface area contributed by atoms with Crippen LogP contribution in [0.2, 0.25) is 0 Å². The van der Waals surface area contributed by atoms with E-state index in [0.29, 0.717) is 6.42 Å². The lowest BCUT2D eigenvalue weighted by molar-refractivity contribution is -0.0534. The van der Waals surface area contributed by atoms with Crippen LogP contribution in [0.5, 0.6) is 11.5 Å². The fourth-order valence-corrected chi connectivity index (χ4v) is 3.20. The molecule has 0 spiro atoms. The second-order valence-electron chi connectivity index (χ2n) is 8.93. The first-order chi connectivity index (χ1) is 15.8. The lowest BCUT2D eigenvalue weighted by Gasteiger charge is -2.21. The highest BCUT2D eigenvalue weighted by molar-refractivity contribution is 5.73. The predicted molar refractivity (Wildman–Crippen MR) is 129 cm³/mol. The van der Waals surface area contributed by atoms with Crippen LogP contribution in [0.1, 0.15) is 37.5 Å². The first-order valence-corrected chi connectivity index (χ1v) is 11.1. The number of rotatable bonds is 9. The van der Waals surface area contributed by atoms with Gasteiger partial charge >= 0.3 is 6.03 Å². The number of hydrogen-bond acceptors (Lipinski definition) is 4. The molecule has 1 unspecified atom stereocenters. The fraction of sp³-hybridized carbons (Fsp3) is 0.296. The average Bonchev–Trinajstić information content (AvgIpc) is 2.80. The molecule has 33 heavy (non-hydrogen) atoms. The Hall–Kier alpha value is -3.35. The van der Waals surface area contributed by atoms with Gasteiger partial charge < -0.3 is 15.2 Å². The van der Waals surface area contributed by atoms with E-state index in [9.17, 15) is 9.90 Å². The molecule has 3 aromatic carbocycles. The third-order valence-corrected chi connectivity index (χ3v) is 4.82. The largest absolute Gasteiger partial charge is 0.457 e. The van der Waals surface area contributed by atoms with E-state index < -0.39 is 17.7 Å². The molecule has 0 saturated carbocycles. The second kappa shape index (κ2) is 11.5. The Morgan fingerprint density at radius 1 is 0.848 bits per heavy atom. The normalized spacial score (nSPS) is 12.1. The molecule has 1 atom stereocenters. The van der Waals surface area contributed by atoms with Gasteiger partial charge in [0.15, 0.2) is 0 Å². The summed E-state index contributed by atoms with van der Waals surface area (Å²) in [6.45, 7) is 5.31. The molecular weight excluding hydrogens is 416 g/mol. The third-order valence-electron chi connectivity index (χ3n) is 4.82. The van der Waals surface area contributed by atoms with Gasteiger partial charge in [0.25, 0.3) is 0 Å². The van der Waals surface area contributed by atoms with Crippen LogP contribution in [-0.4, -0.2) is 29.4 Å². The van der Waals surface area contributed by atoms with E-state index in [2.05, 4.69) is 35.1 Å². The number of hydrogen-bond donors (Lipinski definition) is 3. The quantitative estimate of drug-likeness (QED) is 0.403. The number of aliphatic hydroxyl groups is 1. The van der Waals surface area contributed by atoms with Crippen LogP contribution < -0.4 is 15.5 Å². The Kier molecular flexibility index (Phi) is 8.46. The third kappa shape index (κ3) is 8.60. The van der Waals surface area contributed by atoms with Crippen LogP contribution >= 0.6 is 0 Å². The minimum Gasteiger partial charge on any atom is -0.457 e. The maximum absolute atomic E-state index is 12.0. The first kappa shape index (κ1) is 24.3. The summed E-state index contributed by atoms with van der Waals surface area (Å²) < 4.78 is 5.95. The summed E-state index contributed by atoms with van der Waals surface area (Å²) in [4.78, 5) is 17.2. The van der Waals surface area contributed by atoms with Crippen molar-refractivity contribution >= 4 is 6.03 Å². The monoisotopic (exact) mass is 448 g/mol. The Labute approximate surface area is 195 Å². The number of hydroxylamine groups is 1. The molecule has 3 rings (SSSR count). The molecule has 2 amide bonds. The Morgan fingerprint density at radius 2 is 1.39 bits per heavy atom. The van der Waals surface area contributed by atoms with Crippen molar-refractivity contribution in [2.24, 2.45) is 0 Å². The van der Waals surface area contributed by atoms with Gasteiger partial charge in [-0.05, 0) is 74.6 Å². The molecule has 6 heteroatoms. The van der Waals surface area contributed by atoms with Gasteiger partial charge in [0.1, 0.15) is 11.5 Å². The van der Waals surface area contributed by atoms with E-state index in [-0.39, 0.29) is 6.61 Å². The van der Waals surface area contributed by atoms with E-state index in [1.807, 2.05) is 75.4 Å². The molecule has 6 nitrogen and oxygen atoms in total. The van der Waals surface area contributed by atoms with Crippen molar-refractivity contribution in [1.82, 2.24) is 10.8 Å². The molecule has 0 radical (unpaired) electrons. The molecule has 0 aliphatic heterocycles. The molecule has 0 saturated heterocycles. The predicted octanol–water partition coefficient (Wildman–Crippen LogP) is 5.00. The maximum atomic E-state index is 12.0. The molecule has 3 aromatic rings. The van der Waals surface area contributed by atoms with Gasteiger partial charge in [0.2, 0.25) is 0 Å². The average molecular weight is 449 g/mol. The van der Waals surface area contributed by atoms with Crippen molar-refractivity contribution in [3.63, 3.8) is 0 Å². The number of carbonyl (C=O) groups is 1. The van der Waals surface area contributed by atoms with Gasteiger partial charge in [-0.3, -0.25) is 4.84 Å². The van der Waals surface area contributed by atoms with Crippen LogP contribution in [0.25, 0.3) is 0 Å². The zero-order valence-electron chi connectivity index (χ0n) is 19.4. The van der Waals surface area contributed by atoms with Gasteiger partial charge in [-0.2, -0.15) is 0 Å². The number of amides is 2. The fourth-order valence-electron chi connectivity index (χ4n) is 3.20. The maximum Gasteiger partial charge on any atom is 0.339 e. The van der Waals surface area contributed by atoms with E-state index in [1.54, 1.807) is 0 Å². The van der Waals surface area contributed by atoms with Crippen molar-refractivity contribution in [2.75, 3.05) is 6.61 Å². The van der Waals surface area contributed by atoms with Crippen LogP contribution in [0.15, 0.2) is 78.9 Å². The number of benzene rings is 3. The molecule has 0 heterocycles. The van der Waals surface area contributed by atoms with E-state index in [1.165, 1.54) is 11.1 Å². The highest BCUT2D eigenvalue weighted by atomic mass is 16.7. The number of ether oxygens (including phenoxy) is 1. The smallest absolute Gasteiger partial charge is 0.339 e. The van der Waals surface area contributed by atoms with Crippen molar-refractivity contribution in [2.45, 2.75) is 45.3 Å². The van der Waals surface area contributed by atoms with Crippen LogP contribution in [0, 0.1) is 0 Å². The van der Waals surface area contributed by atoms with Crippen LogP contribution in [-0.2, 0) is 17.7 Å². The number of aliphatic hydroxyl groups excluding tert-OH is 1. The van der Waals surface area contributed by atoms with Gasteiger partial charge in [0.05, 0.1) is 18.2 Å². The summed E-state index contributed by atoms with van der Waals surface area (Å²) in [6.07, 6.45) is 1.37. The van der Waals surface area contributed by atoms with Crippen LogP contribution in [0.3, 0.4) is 0 Å². The lowest BCUT2D eigenvalue weighted by atomic mass is 10.1. The lowest BCUT2D eigenvalue weighted by Crippen LogP contribution is -2.46. The first-order valence-electron chi connectivity index (χ1n) is 11.1. The minimum absolute atomic E-state index is 0.184.